The Morgan fingerprint density at radius 3 is 2.53 bits per heavy atom. The molecular weight excluding hydrogens is 286 g/mol. The van der Waals surface area contributed by atoms with E-state index in [1.54, 1.807) is 19.9 Å². The van der Waals surface area contributed by atoms with Crippen LogP contribution in [0.25, 0.3) is 0 Å². The molecule has 1 rings (SSSR count). The first kappa shape index (κ1) is 15.9. The molecule has 0 radical (unpaired) electrons. The minimum absolute atomic E-state index is 0.143. The van der Waals surface area contributed by atoms with Crippen LogP contribution in [0.2, 0.25) is 5.02 Å². The minimum Gasteiger partial charge on any atom is -0.480 e. The van der Waals surface area contributed by atoms with Gasteiger partial charge in [-0.3, -0.25) is 9.59 Å². The zero-order valence-corrected chi connectivity index (χ0v) is 12.4. The highest BCUT2D eigenvalue weighted by Crippen LogP contribution is 2.26. The smallest absolute Gasteiger partial charge is 0.323 e. The average molecular weight is 302 g/mol. The van der Waals surface area contributed by atoms with Crippen LogP contribution in [-0.2, 0) is 9.59 Å². The monoisotopic (exact) mass is 301 g/mol. The maximum absolute atomic E-state index is 12.0. The third-order valence-electron chi connectivity index (χ3n) is 2.44. The van der Waals surface area contributed by atoms with Gasteiger partial charge < -0.3 is 10.0 Å². The van der Waals surface area contributed by atoms with Crippen LogP contribution in [0.15, 0.2) is 29.2 Å². The molecule has 0 spiro atoms. The largest absolute Gasteiger partial charge is 0.480 e. The van der Waals surface area contributed by atoms with Crippen molar-refractivity contribution in [1.29, 1.82) is 0 Å². The van der Waals surface area contributed by atoms with Gasteiger partial charge in [0.05, 0.1) is 10.8 Å². The SMILES string of the molecule is CC(C)N(CC(=O)O)C(=O)CSc1ccccc1Cl. The molecule has 0 aliphatic heterocycles. The molecule has 6 heteroatoms. The fourth-order valence-electron chi connectivity index (χ4n) is 1.49. The molecule has 0 atom stereocenters. The molecule has 0 aliphatic carbocycles. The Morgan fingerprint density at radius 1 is 1.37 bits per heavy atom. The van der Waals surface area contributed by atoms with Crippen LogP contribution in [0.5, 0.6) is 0 Å². The van der Waals surface area contributed by atoms with Gasteiger partial charge in [-0.25, -0.2) is 0 Å². The van der Waals surface area contributed by atoms with Gasteiger partial charge in [-0.1, -0.05) is 23.7 Å². The Bertz CT molecular complexity index is 465. The van der Waals surface area contributed by atoms with Crippen LogP contribution in [0.3, 0.4) is 0 Å². The molecule has 1 aromatic rings. The summed E-state index contributed by atoms with van der Waals surface area (Å²) in [7, 11) is 0. The lowest BCUT2D eigenvalue weighted by Gasteiger charge is -2.24. The lowest BCUT2D eigenvalue weighted by molar-refractivity contribution is -0.144. The topological polar surface area (TPSA) is 57.6 Å². The number of amides is 1. The van der Waals surface area contributed by atoms with Gasteiger partial charge in [-0.2, -0.15) is 0 Å². The van der Waals surface area contributed by atoms with Gasteiger partial charge in [-0.05, 0) is 26.0 Å². The summed E-state index contributed by atoms with van der Waals surface area (Å²) >= 11 is 7.31. The molecule has 0 aliphatic rings. The summed E-state index contributed by atoms with van der Waals surface area (Å²) in [5.74, 6) is -1.04. The Balaban J connectivity index is 2.63. The summed E-state index contributed by atoms with van der Waals surface area (Å²) in [5.41, 5.74) is 0. The van der Waals surface area contributed by atoms with Crippen LogP contribution < -0.4 is 0 Å². The third kappa shape index (κ3) is 5.12. The Labute approximate surface area is 121 Å². The van der Waals surface area contributed by atoms with Crippen molar-refractivity contribution in [3.8, 4) is 0 Å². The first-order valence-corrected chi connectivity index (χ1v) is 7.16. The van der Waals surface area contributed by atoms with Crippen molar-refractivity contribution in [1.82, 2.24) is 4.90 Å². The molecule has 0 bridgehead atoms. The second-order valence-electron chi connectivity index (χ2n) is 4.23. The molecule has 0 heterocycles. The van der Waals surface area contributed by atoms with Crippen LogP contribution in [0.1, 0.15) is 13.8 Å². The van der Waals surface area contributed by atoms with E-state index in [2.05, 4.69) is 0 Å². The Kier molecular flexibility index (Phi) is 6.18. The molecule has 19 heavy (non-hydrogen) atoms. The Hall–Kier alpha value is -1.20. The fraction of sp³-hybridized carbons (Fsp3) is 0.385. The maximum atomic E-state index is 12.0. The highest BCUT2D eigenvalue weighted by molar-refractivity contribution is 8.00. The maximum Gasteiger partial charge on any atom is 0.323 e. The predicted octanol–water partition coefficient (Wildman–Crippen LogP) is 2.75. The number of carbonyl (C=O) groups excluding carboxylic acids is 1. The van der Waals surface area contributed by atoms with Crippen molar-refractivity contribution < 1.29 is 14.7 Å². The summed E-state index contributed by atoms with van der Waals surface area (Å²) in [4.78, 5) is 24.9. The van der Waals surface area contributed by atoms with Gasteiger partial charge >= 0.3 is 5.97 Å². The van der Waals surface area contributed by atoms with E-state index >= 15 is 0 Å². The summed E-state index contributed by atoms with van der Waals surface area (Å²) < 4.78 is 0. The number of aliphatic carboxylic acids is 1. The van der Waals surface area contributed by atoms with Crippen LogP contribution in [0.4, 0.5) is 0 Å². The number of benzene rings is 1. The molecule has 1 N–H and O–H groups in total. The van der Waals surface area contributed by atoms with E-state index in [0.29, 0.717) is 5.02 Å². The molecule has 0 aromatic heterocycles. The lowest BCUT2D eigenvalue weighted by atomic mass is 10.3. The van der Waals surface area contributed by atoms with Gasteiger partial charge in [0.2, 0.25) is 5.91 Å². The second kappa shape index (κ2) is 7.40. The molecule has 0 saturated carbocycles. The van der Waals surface area contributed by atoms with Crippen molar-refractivity contribution in [3.05, 3.63) is 29.3 Å². The molecule has 0 fully saturated rings. The van der Waals surface area contributed by atoms with E-state index in [0.717, 1.165) is 4.90 Å². The van der Waals surface area contributed by atoms with Gasteiger partial charge in [0.25, 0.3) is 0 Å². The van der Waals surface area contributed by atoms with E-state index in [1.807, 2.05) is 18.2 Å². The number of carboxylic acids is 1. The zero-order chi connectivity index (χ0) is 14.4. The van der Waals surface area contributed by atoms with E-state index in [-0.39, 0.29) is 24.2 Å². The standard InChI is InChI=1S/C13H16ClNO3S/c1-9(2)15(7-13(17)18)12(16)8-19-11-6-4-3-5-10(11)14/h3-6,9H,7-8H2,1-2H3,(H,17,18). The van der Waals surface area contributed by atoms with Crippen LogP contribution >= 0.6 is 23.4 Å². The van der Waals surface area contributed by atoms with Crippen molar-refractivity contribution in [2.75, 3.05) is 12.3 Å². The summed E-state index contributed by atoms with van der Waals surface area (Å²) in [6.45, 7) is 3.31. The second-order valence-corrected chi connectivity index (χ2v) is 5.65. The number of rotatable bonds is 6. The molecule has 0 unspecified atom stereocenters. The number of carboxylic acid groups (broad SMARTS) is 1. The zero-order valence-electron chi connectivity index (χ0n) is 10.8. The lowest BCUT2D eigenvalue weighted by Crippen LogP contribution is -2.41. The number of halogens is 1. The fourth-order valence-corrected chi connectivity index (χ4v) is 2.61. The number of nitrogens with zero attached hydrogens (tertiary/aromatic N) is 1. The van der Waals surface area contributed by atoms with E-state index < -0.39 is 5.97 Å². The van der Waals surface area contributed by atoms with E-state index in [1.165, 1.54) is 16.7 Å². The minimum atomic E-state index is -1.01. The summed E-state index contributed by atoms with van der Waals surface area (Å²) in [6, 6.07) is 7.11. The number of carbonyl (C=O) groups is 2. The summed E-state index contributed by atoms with van der Waals surface area (Å²) in [5, 5.41) is 9.38. The molecule has 1 amide bonds. The van der Waals surface area contributed by atoms with Crippen LogP contribution in [-0.4, -0.2) is 40.2 Å². The van der Waals surface area contributed by atoms with Crippen molar-refractivity contribution in [3.63, 3.8) is 0 Å². The average Bonchev–Trinajstić information content (AvgIpc) is 2.34. The normalized spacial score (nSPS) is 10.5. The highest BCUT2D eigenvalue weighted by Gasteiger charge is 2.19. The van der Waals surface area contributed by atoms with Gasteiger partial charge in [0.15, 0.2) is 0 Å². The van der Waals surface area contributed by atoms with Gasteiger partial charge in [0.1, 0.15) is 6.54 Å². The van der Waals surface area contributed by atoms with Gasteiger partial charge in [0, 0.05) is 10.9 Å². The predicted molar refractivity (Wildman–Crippen MR) is 76.7 cm³/mol. The first-order valence-electron chi connectivity index (χ1n) is 5.80. The first-order chi connectivity index (χ1) is 8.91. The number of thioether (sulfide) groups is 1. The molecule has 1 aromatic carbocycles. The number of hydrogen-bond acceptors (Lipinski definition) is 3. The molecule has 4 nitrogen and oxygen atoms in total. The highest BCUT2D eigenvalue weighted by atomic mass is 35.5. The third-order valence-corrected chi connectivity index (χ3v) is 3.94. The molecule has 0 saturated heterocycles. The van der Waals surface area contributed by atoms with E-state index in [9.17, 15) is 9.59 Å². The van der Waals surface area contributed by atoms with Crippen molar-refractivity contribution >= 4 is 35.2 Å². The van der Waals surface area contributed by atoms with E-state index in [4.69, 9.17) is 16.7 Å². The molecular formula is C13H16ClNO3S. The van der Waals surface area contributed by atoms with Crippen LogP contribution in [0, 0.1) is 0 Å². The Morgan fingerprint density at radius 2 is 2.00 bits per heavy atom. The van der Waals surface area contributed by atoms with Gasteiger partial charge in [-0.15, -0.1) is 11.8 Å². The van der Waals surface area contributed by atoms with Crippen molar-refractivity contribution in [2.24, 2.45) is 0 Å². The quantitative estimate of drug-likeness (QED) is 0.821. The number of hydrogen-bond donors (Lipinski definition) is 1. The molecule has 104 valence electrons. The summed E-state index contributed by atoms with van der Waals surface area (Å²) in [6.07, 6.45) is 0. The van der Waals surface area contributed by atoms with Crippen molar-refractivity contribution in [2.45, 2.75) is 24.8 Å².